The van der Waals surface area contributed by atoms with E-state index in [-0.39, 0.29) is 5.88 Å². The van der Waals surface area contributed by atoms with Gasteiger partial charge in [-0.1, -0.05) is 18.5 Å². The van der Waals surface area contributed by atoms with Crippen LogP contribution in [0.1, 0.15) is 12.5 Å². The first kappa shape index (κ1) is 9.98. The molecule has 5 heteroatoms. The lowest BCUT2D eigenvalue weighted by atomic mass is 10.1. The van der Waals surface area contributed by atoms with Crippen LogP contribution >= 0.6 is 11.6 Å². The second-order valence-electron chi connectivity index (χ2n) is 3.14. The summed E-state index contributed by atoms with van der Waals surface area (Å²) in [6.45, 7) is 1.85. The molecule has 0 N–H and O–H groups in total. The molecule has 0 aliphatic heterocycles. The minimum atomic E-state index is -0.507. The van der Waals surface area contributed by atoms with Crippen LogP contribution < -0.4 is 0 Å². The summed E-state index contributed by atoms with van der Waals surface area (Å²) in [5.41, 5.74) is 1.10. The van der Waals surface area contributed by atoms with E-state index in [0.29, 0.717) is 22.6 Å². The van der Waals surface area contributed by atoms with Crippen molar-refractivity contribution in [1.29, 1.82) is 0 Å². The van der Waals surface area contributed by atoms with Gasteiger partial charge < -0.3 is 4.42 Å². The molecule has 1 aromatic carbocycles. The number of benzene rings is 1. The lowest BCUT2D eigenvalue weighted by Gasteiger charge is -1.91. The van der Waals surface area contributed by atoms with Crippen molar-refractivity contribution in [3.63, 3.8) is 0 Å². The van der Waals surface area contributed by atoms with Crippen molar-refractivity contribution < 1.29 is 9.34 Å². The molecule has 0 fully saturated rings. The summed E-state index contributed by atoms with van der Waals surface area (Å²) in [6, 6.07) is 4.98. The first-order valence-corrected chi connectivity index (χ1v) is 4.86. The summed E-state index contributed by atoms with van der Waals surface area (Å²) in [7, 11) is 0. The molecule has 0 atom stereocenters. The largest absolute Gasteiger partial charge is 0.437 e. The molecular formula is C10H8ClNO3. The molecule has 2 aromatic rings. The van der Waals surface area contributed by atoms with Gasteiger partial charge in [0, 0.05) is 10.4 Å². The van der Waals surface area contributed by atoms with Crippen molar-refractivity contribution in [2.45, 2.75) is 13.3 Å². The van der Waals surface area contributed by atoms with Crippen LogP contribution in [0.2, 0.25) is 5.02 Å². The number of hydrogen-bond donors (Lipinski definition) is 0. The first-order chi connectivity index (χ1) is 7.13. The molecule has 0 amide bonds. The molecule has 0 spiro atoms. The second kappa shape index (κ2) is 3.55. The molecule has 0 bridgehead atoms. The Morgan fingerprint density at radius 1 is 1.53 bits per heavy atom. The number of nitro groups is 1. The third-order valence-corrected chi connectivity index (χ3v) is 2.49. The summed E-state index contributed by atoms with van der Waals surface area (Å²) in [4.78, 5) is 10.2. The monoisotopic (exact) mass is 225 g/mol. The van der Waals surface area contributed by atoms with E-state index < -0.39 is 4.92 Å². The van der Waals surface area contributed by atoms with Gasteiger partial charge in [0.25, 0.3) is 0 Å². The van der Waals surface area contributed by atoms with Crippen molar-refractivity contribution in [3.8, 4) is 0 Å². The Balaban J connectivity index is 2.79. The maximum atomic E-state index is 10.7. The van der Waals surface area contributed by atoms with Crippen molar-refractivity contribution in [2.24, 2.45) is 0 Å². The summed E-state index contributed by atoms with van der Waals surface area (Å²) >= 11 is 5.82. The van der Waals surface area contributed by atoms with E-state index in [0.717, 1.165) is 5.39 Å². The smallest absolute Gasteiger partial charge is 0.400 e. The van der Waals surface area contributed by atoms with Gasteiger partial charge in [-0.15, -0.1) is 0 Å². The summed E-state index contributed by atoms with van der Waals surface area (Å²) < 4.78 is 5.15. The van der Waals surface area contributed by atoms with Gasteiger partial charge >= 0.3 is 5.88 Å². The molecule has 0 radical (unpaired) electrons. The number of rotatable bonds is 2. The van der Waals surface area contributed by atoms with Crippen molar-refractivity contribution in [2.75, 3.05) is 0 Å². The molecule has 0 aliphatic carbocycles. The van der Waals surface area contributed by atoms with Crippen LogP contribution in [0.3, 0.4) is 0 Å². The molecule has 78 valence electrons. The molecule has 1 aromatic heterocycles. The van der Waals surface area contributed by atoms with Crippen LogP contribution in [-0.4, -0.2) is 4.92 Å². The van der Waals surface area contributed by atoms with Gasteiger partial charge in [0.2, 0.25) is 0 Å². The van der Waals surface area contributed by atoms with Gasteiger partial charge in [0.1, 0.15) is 10.5 Å². The highest BCUT2D eigenvalue weighted by Gasteiger charge is 2.22. The highest BCUT2D eigenvalue weighted by atomic mass is 35.5. The maximum Gasteiger partial charge on any atom is 0.437 e. The van der Waals surface area contributed by atoms with Crippen LogP contribution in [0.4, 0.5) is 5.88 Å². The zero-order chi connectivity index (χ0) is 11.0. The summed E-state index contributed by atoms with van der Waals surface area (Å²) in [5, 5.41) is 12.0. The van der Waals surface area contributed by atoms with Crippen LogP contribution in [-0.2, 0) is 6.42 Å². The lowest BCUT2D eigenvalue weighted by molar-refractivity contribution is -0.402. The van der Waals surface area contributed by atoms with Crippen LogP contribution in [0, 0.1) is 10.1 Å². The second-order valence-corrected chi connectivity index (χ2v) is 3.57. The van der Waals surface area contributed by atoms with Gasteiger partial charge in [-0.05, 0) is 24.6 Å². The Kier molecular flexibility index (Phi) is 2.36. The van der Waals surface area contributed by atoms with E-state index in [1.54, 1.807) is 18.2 Å². The van der Waals surface area contributed by atoms with E-state index in [2.05, 4.69) is 0 Å². The molecule has 2 rings (SSSR count). The number of halogens is 1. The molecule has 4 nitrogen and oxygen atoms in total. The third-order valence-electron chi connectivity index (χ3n) is 2.25. The zero-order valence-electron chi connectivity index (χ0n) is 7.99. The summed E-state index contributed by atoms with van der Waals surface area (Å²) in [6.07, 6.45) is 0.545. The quantitative estimate of drug-likeness (QED) is 0.580. The Bertz CT molecular complexity index is 533. The topological polar surface area (TPSA) is 56.3 Å². The number of hydrogen-bond acceptors (Lipinski definition) is 3. The average Bonchev–Trinajstić information content (AvgIpc) is 2.55. The Hall–Kier alpha value is -1.55. The average molecular weight is 226 g/mol. The standard InChI is InChI=1S/C10H8ClNO3/c1-2-7-8-5-6(11)3-4-9(8)15-10(7)12(13)14/h3-5H,2H2,1H3. The minimum Gasteiger partial charge on any atom is -0.400 e. The van der Waals surface area contributed by atoms with E-state index in [9.17, 15) is 10.1 Å². The van der Waals surface area contributed by atoms with Crippen LogP contribution in [0.15, 0.2) is 22.6 Å². The van der Waals surface area contributed by atoms with Gasteiger partial charge in [0.05, 0.1) is 5.56 Å². The Labute approximate surface area is 90.6 Å². The van der Waals surface area contributed by atoms with E-state index in [4.69, 9.17) is 16.0 Å². The van der Waals surface area contributed by atoms with Gasteiger partial charge in [0.15, 0.2) is 0 Å². The summed E-state index contributed by atoms with van der Waals surface area (Å²) in [5.74, 6) is -0.185. The van der Waals surface area contributed by atoms with E-state index in [1.165, 1.54) is 0 Å². The van der Waals surface area contributed by atoms with E-state index >= 15 is 0 Å². The number of aryl methyl sites for hydroxylation is 1. The number of furan rings is 1. The van der Waals surface area contributed by atoms with Crippen LogP contribution in [0.5, 0.6) is 0 Å². The molecule has 15 heavy (non-hydrogen) atoms. The van der Waals surface area contributed by atoms with Gasteiger partial charge in [-0.25, -0.2) is 0 Å². The number of nitrogens with zero attached hydrogens (tertiary/aromatic N) is 1. The molecule has 0 saturated heterocycles. The molecule has 1 heterocycles. The molecule has 0 saturated carbocycles. The van der Waals surface area contributed by atoms with Crippen molar-refractivity contribution in [1.82, 2.24) is 0 Å². The zero-order valence-corrected chi connectivity index (χ0v) is 8.75. The fourth-order valence-corrected chi connectivity index (χ4v) is 1.77. The van der Waals surface area contributed by atoms with Gasteiger partial charge in [-0.3, -0.25) is 10.1 Å². The van der Waals surface area contributed by atoms with Gasteiger partial charge in [-0.2, -0.15) is 0 Å². The molecule has 0 aliphatic rings. The SMILES string of the molecule is CCc1c([N+](=O)[O-])oc2ccc(Cl)cc12. The number of fused-ring (bicyclic) bond motifs is 1. The third kappa shape index (κ3) is 1.57. The predicted molar refractivity (Wildman–Crippen MR) is 57.3 cm³/mol. The highest BCUT2D eigenvalue weighted by Crippen LogP contribution is 2.33. The highest BCUT2D eigenvalue weighted by molar-refractivity contribution is 6.31. The van der Waals surface area contributed by atoms with E-state index in [1.807, 2.05) is 6.92 Å². The van der Waals surface area contributed by atoms with Crippen LogP contribution in [0.25, 0.3) is 11.0 Å². The van der Waals surface area contributed by atoms with Crippen molar-refractivity contribution >= 4 is 28.5 Å². The fraction of sp³-hybridized carbons (Fsp3) is 0.200. The maximum absolute atomic E-state index is 10.7. The minimum absolute atomic E-state index is 0.185. The fourth-order valence-electron chi connectivity index (χ4n) is 1.60. The first-order valence-electron chi connectivity index (χ1n) is 4.48. The lowest BCUT2D eigenvalue weighted by Crippen LogP contribution is -1.89. The Morgan fingerprint density at radius 2 is 2.27 bits per heavy atom. The normalized spacial score (nSPS) is 10.8. The predicted octanol–water partition coefficient (Wildman–Crippen LogP) is 3.56. The van der Waals surface area contributed by atoms with Crippen molar-refractivity contribution in [3.05, 3.63) is 38.9 Å². The Morgan fingerprint density at radius 3 is 2.87 bits per heavy atom. The molecular weight excluding hydrogens is 218 g/mol. The molecule has 0 unspecified atom stereocenters.